The van der Waals surface area contributed by atoms with Crippen molar-refractivity contribution in [1.29, 1.82) is 0 Å². The lowest BCUT2D eigenvalue weighted by molar-refractivity contribution is 0.0988. The van der Waals surface area contributed by atoms with Crippen LogP contribution in [0.15, 0.2) is 42.9 Å². The van der Waals surface area contributed by atoms with Crippen molar-refractivity contribution in [2.24, 2.45) is 0 Å². The molecule has 0 spiro atoms. The van der Waals surface area contributed by atoms with Gasteiger partial charge in [0.25, 0.3) is 0 Å². The number of hydrogen-bond donors (Lipinski definition) is 0. The molecule has 0 aliphatic rings. The third kappa shape index (κ3) is 2.64. The highest BCUT2D eigenvalue weighted by Gasteiger charge is 2.07. The Morgan fingerprint density at radius 3 is 2.56 bits per heavy atom. The van der Waals surface area contributed by atoms with Crippen molar-refractivity contribution >= 4 is 17.4 Å². The van der Waals surface area contributed by atoms with Gasteiger partial charge < -0.3 is 0 Å². The third-order valence-electron chi connectivity index (χ3n) is 2.13. The first kappa shape index (κ1) is 10.8. The fourth-order valence-corrected chi connectivity index (χ4v) is 1.45. The summed E-state index contributed by atoms with van der Waals surface area (Å²) in [6.45, 7) is 0. The Labute approximate surface area is 98.1 Å². The monoisotopic (exact) mass is 232 g/mol. The van der Waals surface area contributed by atoms with Gasteiger partial charge in [-0.1, -0.05) is 23.7 Å². The maximum absolute atomic E-state index is 11.8. The zero-order valence-electron chi connectivity index (χ0n) is 8.43. The van der Waals surface area contributed by atoms with Crippen molar-refractivity contribution < 1.29 is 4.79 Å². The average Bonchev–Trinajstić information content (AvgIpc) is 2.33. The number of benzene rings is 1. The van der Waals surface area contributed by atoms with Gasteiger partial charge in [0.05, 0.1) is 6.20 Å². The Hall–Kier alpha value is -1.74. The lowest BCUT2D eigenvalue weighted by Gasteiger charge is -2.00. The van der Waals surface area contributed by atoms with Crippen LogP contribution in [0.1, 0.15) is 16.1 Å². The van der Waals surface area contributed by atoms with Gasteiger partial charge in [0.15, 0.2) is 5.78 Å². The van der Waals surface area contributed by atoms with Crippen molar-refractivity contribution in [3.63, 3.8) is 0 Å². The fraction of sp³-hybridized carbons (Fsp3) is 0.0833. The lowest BCUT2D eigenvalue weighted by Crippen LogP contribution is -2.05. The van der Waals surface area contributed by atoms with E-state index in [1.54, 1.807) is 18.3 Å². The summed E-state index contributed by atoms with van der Waals surface area (Å²) in [6, 6.07) is 7.19. The summed E-state index contributed by atoms with van der Waals surface area (Å²) in [6.07, 6.45) is 4.84. The first-order valence-electron chi connectivity index (χ1n) is 4.79. The lowest BCUT2D eigenvalue weighted by atomic mass is 10.1. The molecule has 2 aromatic rings. The summed E-state index contributed by atoms with van der Waals surface area (Å²) in [5.74, 6) is -0.0459. The van der Waals surface area contributed by atoms with E-state index in [9.17, 15) is 4.79 Å². The molecule has 0 N–H and O–H groups in total. The summed E-state index contributed by atoms with van der Waals surface area (Å²) >= 11 is 5.76. The summed E-state index contributed by atoms with van der Waals surface area (Å²) in [7, 11) is 0. The van der Waals surface area contributed by atoms with Crippen LogP contribution in [0, 0.1) is 0 Å². The minimum absolute atomic E-state index is 0.0459. The quantitative estimate of drug-likeness (QED) is 0.764. The van der Waals surface area contributed by atoms with Crippen molar-refractivity contribution in [1.82, 2.24) is 9.97 Å². The molecule has 4 heteroatoms. The Morgan fingerprint density at radius 1 is 1.19 bits per heavy atom. The van der Waals surface area contributed by atoms with E-state index >= 15 is 0 Å². The van der Waals surface area contributed by atoms with Gasteiger partial charge in [-0.2, -0.15) is 0 Å². The minimum atomic E-state index is -0.0459. The Kier molecular flexibility index (Phi) is 3.27. The van der Waals surface area contributed by atoms with Gasteiger partial charge in [0, 0.05) is 23.8 Å². The maximum Gasteiger partial charge on any atom is 0.187 e. The number of ketones is 1. The molecule has 1 heterocycles. The minimum Gasteiger partial charge on any atom is -0.292 e. The normalized spacial score (nSPS) is 10.1. The molecule has 0 aliphatic carbocycles. The average molecular weight is 233 g/mol. The molecule has 3 nitrogen and oxygen atoms in total. The maximum atomic E-state index is 11.8. The Balaban J connectivity index is 2.11. The number of Topliss-reactive ketones (excluding diaryl/α,β-unsaturated/α-hetero) is 1. The number of hydrogen-bond acceptors (Lipinski definition) is 3. The highest BCUT2D eigenvalue weighted by molar-refractivity contribution is 6.30. The number of aromatic nitrogens is 2. The molecule has 0 fully saturated rings. The van der Waals surface area contributed by atoms with Crippen molar-refractivity contribution in [3.05, 3.63) is 59.1 Å². The van der Waals surface area contributed by atoms with E-state index in [4.69, 9.17) is 11.6 Å². The predicted molar refractivity (Wildman–Crippen MR) is 61.5 cm³/mol. The van der Waals surface area contributed by atoms with Crippen molar-refractivity contribution in [2.75, 3.05) is 0 Å². The number of carbonyl (C=O) groups excluding carboxylic acids is 1. The van der Waals surface area contributed by atoms with Crippen LogP contribution >= 0.6 is 11.6 Å². The highest BCUT2D eigenvalue weighted by atomic mass is 35.5. The third-order valence-corrected chi connectivity index (χ3v) is 2.38. The van der Waals surface area contributed by atoms with E-state index in [0.29, 0.717) is 17.1 Å². The van der Waals surface area contributed by atoms with Gasteiger partial charge in [-0.3, -0.25) is 9.78 Å². The second-order valence-electron chi connectivity index (χ2n) is 3.32. The first-order chi connectivity index (χ1) is 7.75. The predicted octanol–water partition coefficient (Wildman–Crippen LogP) is 2.56. The van der Waals surface area contributed by atoms with E-state index in [0.717, 1.165) is 5.56 Å². The zero-order chi connectivity index (χ0) is 11.4. The Morgan fingerprint density at radius 2 is 1.94 bits per heavy atom. The number of halogens is 1. The summed E-state index contributed by atoms with van der Waals surface area (Å²) in [4.78, 5) is 19.6. The standard InChI is InChI=1S/C12H9ClN2O/c13-10-3-1-9(2-4-10)7-12(16)11-8-14-5-6-15-11/h1-6,8H,7H2. The molecule has 0 aliphatic heterocycles. The van der Waals surface area contributed by atoms with E-state index in [-0.39, 0.29) is 5.78 Å². The summed E-state index contributed by atoms with van der Waals surface area (Å²) < 4.78 is 0. The van der Waals surface area contributed by atoms with Crippen molar-refractivity contribution in [2.45, 2.75) is 6.42 Å². The van der Waals surface area contributed by atoms with Gasteiger partial charge in [0.1, 0.15) is 5.69 Å². The van der Waals surface area contributed by atoms with Gasteiger partial charge in [-0.15, -0.1) is 0 Å². The molecule has 2 rings (SSSR count). The van der Waals surface area contributed by atoms with Crippen LogP contribution in [0.2, 0.25) is 5.02 Å². The topological polar surface area (TPSA) is 42.9 Å². The molecule has 0 amide bonds. The van der Waals surface area contributed by atoms with Crippen LogP contribution in [-0.2, 0) is 6.42 Å². The molecule has 0 unspecified atom stereocenters. The van der Waals surface area contributed by atoms with E-state index < -0.39 is 0 Å². The molecule has 0 saturated heterocycles. The molecule has 0 atom stereocenters. The molecule has 0 bridgehead atoms. The molecule has 80 valence electrons. The van der Waals surface area contributed by atoms with Gasteiger partial charge in [0.2, 0.25) is 0 Å². The molecular weight excluding hydrogens is 224 g/mol. The largest absolute Gasteiger partial charge is 0.292 e. The summed E-state index contributed by atoms with van der Waals surface area (Å²) in [5.41, 5.74) is 1.30. The zero-order valence-corrected chi connectivity index (χ0v) is 9.19. The van der Waals surface area contributed by atoms with Crippen LogP contribution < -0.4 is 0 Å². The fourth-order valence-electron chi connectivity index (χ4n) is 1.32. The SMILES string of the molecule is O=C(Cc1ccc(Cl)cc1)c1cnccn1. The van der Waals surface area contributed by atoms with Crippen molar-refractivity contribution in [3.8, 4) is 0 Å². The van der Waals surface area contributed by atoms with E-state index in [1.807, 2.05) is 12.1 Å². The first-order valence-corrected chi connectivity index (χ1v) is 5.17. The molecule has 0 saturated carbocycles. The second-order valence-corrected chi connectivity index (χ2v) is 3.75. The van der Waals surface area contributed by atoms with Crippen LogP contribution in [0.25, 0.3) is 0 Å². The molecule has 16 heavy (non-hydrogen) atoms. The molecule has 1 aromatic carbocycles. The number of rotatable bonds is 3. The van der Waals surface area contributed by atoms with Crippen LogP contribution in [0.4, 0.5) is 0 Å². The molecule has 1 aromatic heterocycles. The van der Waals surface area contributed by atoms with Crippen LogP contribution in [0.5, 0.6) is 0 Å². The molecular formula is C12H9ClN2O. The highest BCUT2D eigenvalue weighted by Crippen LogP contribution is 2.11. The van der Waals surface area contributed by atoms with Gasteiger partial charge >= 0.3 is 0 Å². The second kappa shape index (κ2) is 4.86. The number of carbonyl (C=O) groups is 1. The molecule has 0 radical (unpaired) electrons. The Bertz CT molecular complexity index is 482. The smallest absolute Gasteiger partial charge is 0.187 e. The van der Waals surface area contributed by atoms with E-state index in [2.05, 4.69) is 9.97 Å². The number of nitrogens with zero attached hydrogens (tertiary/aromatic N) is 2. The summed E-state index contributed by atoms with van der Waals surface area (Å²) in [5, 5.41) is 0.663. The van der Waals surface area contributed by atoms with E-state index in [1.165, 1.54) is 12.4 Å². The van der Waals surface area contributed by atoms with Crippen LogP contribution in [-0.4, -0.2) is 15.8 Å². The van der Waals surface area contributed by atoms with Gasteiger partial charge in [-0.05, 0) is 17.7 Å². The van der Waals surface area contributed by atoms with Gasteiger partial charge in [-0.25, -0.2) is 4.98 Å². The van der Waals surface area contributed by atoms with Crippen LogP contribution in [0.3, 0.4) is 0 Å².